The maximum atomic E-state index is 4.23. The van der Waals surface area contributed by atoms with E-state index in [1.54, 1.807) is 11.1 Å². The number of allylic oxidation sites excluding steroid dienone is 3. The lowest BCUT2D eigenvalue weighted by atomic mass is 9.85. The molecule has 0 amide bonds. The molecule has 2 aliphatic rings. The summed E-state index contributed by atoms with van der Waals surface area (Å²) < 4.78 is 0. The van der Waals surface area contributed by atoms with Gasteiger partial charge in [-0.1, -0.05) is 37.1 Å². The molecule has 0 radical (unpaired) electrons. The van der Waals surface area contributed by atoms with Crippen molar-refractivity contribution in [3.63, 3.8) is 0 Å². The van der Waals surface area contributed by atoms with E-state index >= 15 is 0 Å². The maximum Gasteiger partial charge on any atom is -0.0158 e. The molecule has 0 nitrogen and oxygen atoms in total. The largest absolute Gasteiger partial charge is 0.0998 e. The fraction of sp³-hybridized carbons (Fsp3) is 0.733. The van der Waals surface area contributed by atoms with Crippen molar-refractivity contribution in [1.29, 1.82) is 0 Å². The smallest absolute Gasteiger partial charge is 0.0158 e. The van der Waals surface area contributed by atoms with Crippen LogP contribution in [0, 0.1) is 11.3 Å². The van der Waals surface area contributed by atoms with Gasteiger partial charge in [-0.3, -0.25) is 0 Å². The molecule has 0 heteroatoms. The number of rotatable bonds is 0. The van der Waals surface area contributed by atoms with Crippen LogP contribution in [0.2, 0.25) is 0 Å². The summed E-state index contributed by atoms with van der Waals surface area (Å²) in [5, 5.41) is 0. The quantitative estimate of drug-likeness (QED) is 0.494. The molecule has 0 saturated heterocycles. The molecule has 0 heterocycles. The van der Waals surface area contributed by atoms with Gasteiger partial charge in [-0.15, -0.1) is 0 Å². The van der Waals surface area contributed by atoms with E-state index in [1.165, 1.54) is 44.1 Å². The van der Waals surface area contributed by atoms with Crippen LogP contribution >= 0.6 is 0 Å². The van der Waals surface area contributed by atoms with Crippen molar-refractivity contribution in [1.82, 2.24) is 0 Å². The van der Waals surface area contributed by atoms with Crippen LogP contribution in [0.25, 0.3) is 0 Å². The van der Waals surface area contributed by atoms with Crippen LogP contribution in [0.1, 0.15) is 59.3 Å². The molecule has 0 unspecified atom stereocenters. The Labute approximate surface area is 94.5 Å². The zero-order chi connectivity index (χ0) is 11.1. The monoisotopic (exact) mass is 204 g/mol. The highest BCUT2D eigenvalue weighted by atomic mass is 14.4. The minimum atomic E-state index is 0.534. The molecule has 0 aliphatic heterocycles. The molecule has 1 fully saturated rings. The molecular formula is C15H24. The third-order valence-corrected chi connectivity index (χ3v) is 4.13. The highest BCUT2D eigenvalue weighted by molar-refractivity contribution is 5.25. The van der Waals surface area contributed by atoms with E-state index in [4.69, 9.17) is 0 Å². The Bertz CT molecular complexity index is 304. The van der Waals surface area contributed by atoms with Gasteiger partial charge >= 0.3 is 0 Å². The van der Waals surface area contributed by atoms with Crippen molar-refractivity contribution in [2.24, 2.45) is 11.3 Å². The number of hydrogen-bond donors (Lipinski definition) is 0. The Morgan fingerprint density at radius 2 is 2.00 bits per heavy atom. The van der Waals surface area contributed by atoms with Gasteiger partial charge in [-0.05, 0) is 56.8 Å². The van der Waals surface area contributed by atoms with Gasteiger partial charge in [0.2, 0.25) is 0 Å². The normalized spacial score (nSPS) is 35.9. The molecule has 0 aromatic carbocycles. The van der Waals surface area contributed by atoms with Gasteiger partial charge in [0.1, 0.15) is 0 Å². The van der Waals surface area contributed by atoms with E-state index in [2.05, 4.69) is 27.4 Å². The summed E-state index contributed by atoms with van der Waals surface area (Å²) in [6.07, 6.45) is 7.84. The fourth-order valence-corrected chi connectivity index (χ4v) is 3.43. The molecule has 0 aromatic heterocycles. The molecule has 0 bridgehead atoms. The zero-order valence-corrected chi connectivity index (χ0v) is 10.5. The summed E-state index contributed by atoms with van der Waals surface area (Å²) in [5.74, 6) is 0.827. The molecule has 0 N–H and O–H groups in total. The van der Waals surface area contributed by atoms with E-state index in [9.17, 15) is 0 Å². The van der Waals surface area contributed by atoms with Crippen LogP contribution in [0.4, 0.5) is 0 Å². The van der Waals surface area contributed by atoms with Crippen LogP contribution < -0.4 is 0 Å². The van der Waals surface area contributed by atoms with Crippen molar-refractivity contribution in [3.8, 4) is 0 Å². The minimum absolute atomic E-state index is 0.534. The molecule has 0 aromatic rings. The van der Waals surface area contributed by atoms with Gasteiger partial charge in [0.25, 0.3) is 0 Å². The topological polar surface area (TPSA) is 0 Å². The molecule has 2 aliphatic carbocycles. The third kappa shape index (κ3) is 2.35. The van der Waals surface area contributed by atoms with Crippen molar-refractivity contribution in [3.05, 3.63) is 23.3 Å². The van der Waals surface area contributed by atoms with Gasteiger partial charge in [0.05, 0.1) is 0 Å². The molecule has 0 spiro atoms. The van der Waals surface area contributed by atoms with E-state index in [0.29, 0.717) is 5.41 Å². The Balaban J connectivity index is 2.27. The van der Waals surface area contributed by atoms with Crippen LogP contribution in [0.3, 0.4) is 0 Å². The highest BCUT2D eigenvalue weighted by Crippen LogP contribution is 2.49. The van der Waals surface area contributed by atoms with Crippen LogP contribution in [-0.2, 0) is 0 Å². The van der Waals surface area contributed by atoms with Gasteiger partial charge in [-0.2, -0.15) is 0 Å². The maximum absolute atomic E-state index is 4.23. The predicted molar refractivity (Wildman–Crippen MR) is 66.8 cm³/mol. The number of fused-ring (bicyclic) bond motifs is 1. The summed E-state index contributed by atoms with van der Waals surface area (Å²) in [6.45, 7) is 11.4. The predicted octanol–water partition coefficient (Wildman–Crippen LogP) is 4.87. The highest BCUT2D eigenvalue weighted by Gasteiger charge is 2.36. The first-order valence-electron chi connectivity index (χ1n) is 6.33. The fourth-order valence-electron chi connectivity index (χ4n) is 3.43. The molecular weight excluding hydrogens is 180 g/mol. The number of hydrogen-bond acceptors (Lipinski definition) is 0. The first kappa shape index (κ1) is 11.0. The Morgan fingerprint density at radius 1 is 1.27 bits per heavy atom. The molecule has 15 heavy (non-hydrogen) atoms. The lowest BCUT2D eigenvalue weighted by Gasteiger charge is -2.20. The molecule has 1 atom stereocenters. The van der Waals surface area contributed by atoms with Crippen LogP contribution in [0.5, 0.6) is 0 Å². The Kier molecular flexibility index (Phi) is 2.79. The second-order valence-corrected chi connectivity index (χ2v) is 6.36. The van der Waals surface area contributed by atoms with Gasteiger partial charge in [0, 0.05) is 0 Å². The molecule has 84 valence electrons. The van der Waals surface area contributed by atoms with Gasteiger partial charge in [-0.25, -0.2) is 0 Å². The summed E-state index contributed by atoms with van der Waals surface area (Å²) >= 11 is 0. The summed E-state index contributed by atoms with van der Waals surface area (Å²) in [6, 6.07) is 0. The first-order valence-corrected chi connectivity index (χ1v) is 6.33. The standard InChI is InChI=1S/C15H24/c1-11-6-5-7-12(2)14-10-15(3,4)9-13(14)8-11/h13H,1,5-10H2,2-4H3/b14-12-/t13-/m0/s1. The lowest BCUT2D eigenvalue weighted by Crippen LogP contribution is -2.06. The van der Waals surface area contributed by atoms with E-state index in [-0.39, 0.29) is 0 Å². The van der Waals surface area contributed by atoms with Crippen molar-refractivity contribution < 1.29 is 0 Å². The van der Waals surface area contributed by atoms with Crippen LogP contribution in [-0.4, -0.2) is 0 Å². The molecule has 1 saturated carbocycles. The first-order chi connectivity index (χ1) is 6.98. The average molecular weight is 204 g/mol. The van der Waals surface area contributed by atoms with E-state index < -0.39 is 0 Å². The van der Waals surface area contributed by atoms with Crippen LogP contribution in [0.15, 0.2) is 23.3 Å². The molecule has 2 rings (SSSR count). The second-order valence-electron chi connectivity index (χ2n) is 6.36. The minimum Gasteiger partial charge on any atom is -0.0998 e. The van der Waals surface area contributed by atoms with Gasteiger partial charge in [0.15, 0.2) is 0 Å². The lowest BCUT2D eigenvalue weighted by molar-refractivity contribution is 0.359. The summed E-state index contributed by atoms with van der Waals surface area (Å²) in [5.41, 5.74) is 5.49. The van der Waals surface area contributed by atoms with Gasteiger partial charge < -0.3 is 0 Å². The Hall–Kier alpha value is -0.520. The van der Waals surface area contributed by atoms with E-state index in [1.807, 2.05) is 0 Å². The van der Waals surface area contributed by atoms with Crippen molar-refractivity contribution >= 4 is 0 Å². The van der Waals surface area contributed by atoms with Crippen molar-refractivity contribution in [2.45, 2.75) is 59.3 Å². The Morgan fingerprint density at radius 3 is 2.73 bits per heavy atom. The zero-order valence-electron chi connectivity index (χ0n) is 10.5. The summed E-state index contributed by atoms with van der Waals surface area (Å²) in [7, 11) is 0. The van der Waals surface area contributed by atoms with Crippen molar-refractivity contribution in [2.75, 3.05) is 0 Å². The average Bonchev–Trinajstić information content (AvgIpc) is 2.39. The van der Waals surface area contributed by atoms with E-state index in [0.717, 1.165) is 5.92 Å². The SMILES string of the molecule is C=C1CCC/C(C)=C2/CC(C)(C)C[C@@H]2C1. The summed E-state index contributed by atoms with van der Waals surface area (Å²) in [4.78, 5) is 0. The second kappa shape index (κ2) is 3.81. The third-order valence-electron chi connectivity index (χ3n) is 4.13.